The molecule has 0 aliphatic rings. The zero-order valence-electron chi connectivity index (χ0n) is 7.83. The van der Waals surface area contributed by atoms with Crippen LogP contribution < -0.4 is 5.32 Å². The summed E-state index contributed by atoms with van der Waals surface area (Å²) in [5, 5.41) is 11.9. The predicted molar refractivity (Wildman–Crippen MR) is 53.0 cm³/mol. The first-order chi connectivity index (χ1) is 6.36. The highest BCUT2D eigenvalue weighted by Crippen LogP contribution is 1.98. The average Bonchev–Trinajstić information content (AvgIpc) is 2.21. The summed E-state index contributed by atoms with van der Waals surface area (Å²) in [5.41, 5.74) is 1.22. The van der Waals surface area contributed by atoms with Gasteiger partial charge < -0.3 is 0 Å². The summed E-state index contributed by atoms with van der Waals surface area (Å²) in [5.74, 6) is 0. The molecule has 1 atom stereocenters. The molecule has 1 aromatic carbocycles. The van der Waals surface area contributed by atoms with Crippen LogP contribution in [0.4, 0.5) is 0 Å². The normalized spacial score (nSPS) is 12.0. The van der Waals surface area contributed by atoms with Gasteiger partial charge in [0.05, 0.1) is 12.1 Å². The Bertz CT molecular complexity index is 274. The molecular weight excluding hydrogens is 160 g/mol. The molecule has 0 saturated heterocycles. The highest BCUT2D eigenvalue weighted by Gasteiger charge is 2.01. The Balaban J connectivity index is 2.40. The van der Waals surface area contributed by atoms with Gasteiger partial charge in [-0.25, -0.2) is 0 Å². The Morgan fingerprint density at radius 1 is 1.38 bits per heavy atom. The molecule has 0 heterocycles. The molecule has 0 saturated carbocycles. The van der Waals surface area contributed by atoms with Crippen molar-refractivity contribution < 1.29 is 0 Å². The molecule has 1 N–H and O–H groups in total. The lowest BCUT2D eigenvalue weighted by Crippen LogP contribution is -2.25. The zero-order chi connectivity index (χ0) is 9.52. The van der Waals surface area contributed by atoms with Gasteiger partial charge >= 0.3 is 0 Å². The van der Waals surface area contributed by atoms with Gasteiger partial charge in [-0.3, -0.25) is 5.32 Å². The van der Waals surface area contributed by atoms with Gasteiger partial charge in [0.15, 0.2) is 0 Å². The second-order valence-corrected chi connectivity index (χ2v) is 2.96. The summed E-state index contributed by atoms with van der Waals surface area (Å²) >= 11 is 0. The third-order valence-corrected chi connectivity index (χ3v) is 1.96. The number of rotatable bonds is 4. The molecule has 68 valence electrons. The van der Waals surface area contributed by atoms with Gasteiger partial charge in [-0.05, 0) is 12.0 Å². The summed E-state index contributed by atoms with van der Waals surface area (Å²) < 4.78 is 0. The van der Waals surface area contributed by atoms with Crippen LogP contribution in [0.3, 0.4) is 0 Å². The average molecular weight is 174 g/mol. The summed E-state index contributed by atoms with van der Waals surface area (Å²) in [6, 6.07) is 12.3. The van der Waals surface area contributed by atoms with Crippen LogP contribution in [-0.4, -0.2) is 6.04 Å². The van der Waals surface area contributed by atoms with E-state index in [0.717, 1.165) is 13.0 Å². The summed E-state index contributed by atoms with van der Waals surface area (Å²) in [7, 11) is 0. The monoisotopic (exact) mass is 174 g/mol. The van der Waals surface area contributed by atoms with Crippen LogP contribution in [0.25, 0.3) is 0 Å². The lowest BCUT2D eigenvalue weighted by Gasteiger charge is -2.08. The standard InChI is InChI=1S/C11H14N2/c1-2-11(8-12)13-9-10-6-4-3-5-7-10/h3-7,11,13H,2,9H2,1H3. The van der Waals surface area contributed by atoms with Crippen molar-refractivity contribution in [1.82, 2.24) is 5.32 Å². The molecule has 0 amide bonds. The van der Waals surface area contributed by atoms with Crippen molar-refractivity contribution in [2.24, 2.45) is 0 Å². The fraction of sp³-hybridized carbons (Fsp3) is 0.364. The molecule has 2 nitrogen and oxygen atoms in total. The maximum Gasteiger partial charge on any atom is 0.0952 e. The quantitative estimate of drug-likeness (QED) is 0.758. The molecule has 1 unspecified atom stereocenters. The van der Waals surface area contributed by atoms with Crippen molar-refractivity contribution in [2.45, 2.75) is 25.9 Å². The van der Waals surface area contributed by atoms with E-state index in [0.29, 0.717) is 0 Å². The Morgan fingerprint density at radius 3 is 2.62 bits per heavy atom. The lowest BCUT2D eigenvalue weighted by molar-refractivity contribution is 0.587. The molecule has 13 heavy (non-hydrogen) atoms. The number of benzene rings is 1. The van der Waals surface area contributed by atoms with Gasteiger partial charge in [0, 0.05) is 6.54 Å². The lowest BCUT2D eigenvalue weighted by atomic mass is 10.2. The van der Waals surface area contributed by atoms with Crippen molar-refractivity contribution in [3.8, 4) is 6.07 Å². The third-order valence-electron chi connectivity index (χ3n) is 1.96. The van der Waals surface area contributed by atoms with Crippen molar-refractivity contribution in [3.05, 3.63) is 35.9 Å². The van der Waals surface area contributed by atoms with E-state index in [-0.39, 0.29) is 6.04 Å². The first-order valence-electron chi connectivity index (χ1n) is 4.53. The third kappa shape index (κ3) is 3.27. The van der Waals surface area contributed by atoms with Crippen LogP contribution in [0, 0.1) is 11.3 Å². The molecule has 0 bridgehead atoms. The van der Waals surface area contributed by atoms with E-state index >= 15 is 0 Å². The van der Waals surface area contributed by atoms with Crippen LogP contribution in [-0.2, 0) is 6.54 Å². The van der Waals surface area contributed by atoms with E-state index < -0.39 is 0 Å². The van der Waals surface area contributed by atoms with E-state index in [1.807, 2.05) is 25.1 Å². The molecule has 1 aromatic rings. The van der Waals surface area contributed by atoms with Gasteiger partial charge in [-0.2, -0.15) is 5.26 Å². The predicted octanol–water partition coefficient (Wildman–Crippen LogP) is 2.08. The summed E-state index contributed by atoms with van der Waals surface area (Å²) in [6.45, 7) is 2.78. The SMILES string of the molecule is CCC(C#N)NCc1ccccc1. The molecular formula is C11H14N2. The minimum Gasteiger partial charge on any atom is -0.298 e. The first kappa shape index (κ1) is 9.76. The van der Waals surface area contributed by atoms with Crippen molar-refractivity contribution >= 4 is 0 Å². The van der Waals surface area contributed by atoms with Crippen LogP contribution in [0.1, 0.15) is 18.9 Å². The van der Waals surface area contributed by atoms with Gasteiger partial charge in [0.25, 0.3) is 0 Å². The molecule has 0 radical (unpaired) electrons. The Kier molecular flexibility index (Phi) is 4.01. The topological polar surface area (TPSA) is 35.8 Å². The maximum absolute atomic E-state index is 8.69. The Morgan fingerprint density at radius 2 is 2.08 bits per heavy atom. The van der Waals surface area contributed by atoms with E-state index in [9.17, 15) is 0 Å². The first-order valence-corrected chi connectivity index (χ1v) is 4.53. The molecule has 0 aliphatic carbocycles. The fourth-order valence-electron chi connectivity index (χ4n) is 1.12. The Labute approximate surface area is 79.2 Å². The molecule has 2 heteroatoms. The molecule has 0 aliphatic heterocycles. The molecule has 1 rings (SSSR count). The van der Waals surface area contributed by atoms with Crippen LogP contribution >= 0.6 is 0 Å². The van der Waals surface area contributed by atoms with E-state index in [1.165, 1.54) is 5.56 Å². The van der Waals surface area contributed by atoms with E-state index in [2.05, 4.69) is 23.5 Å². The van der Waals surface area contributed by atoms with Crippen LogP contribution in [0.15, 0.2) is 30.3 Å². The number of nitrogens with one attached hydrogen (secondary N) is 1. The molecule has 0 spiro atoms. The molecule has 0 aromatic heterocycles. The van der Waals surface area contributed by atoms with Crippen LogP contribution in [0.5, 0.6) is 0 Å². The Hall–Kier alpha value is -1.33. The van der Waals surface area contributed by atoms with Crippen molar-refractivity contribution in [1.29, 1.82) is 5.26 Å². The second kappa shape index (κ2) is 5.34. The minimum absolute atomic E-state index is 0.0276. The number of hydrogen-bond donors (Lipinski definition) is 1. The second-order valence-electron chi connectivity index (χ2n) is 2.96. The minimum atomic E-state index is -0.0276. The van der Waals surface area contributed by atoms with Gasteiger partial charge in [-0.1, -0.05) is 37.3 Å². The van der Waals surface area contributed by atoms with E-state index in [4.69, 9.17) is 5.26 Å². The number of hydrogen-bond acceptors (Lipinski definition) is 2. The van der Waals surface area contributed by atoms with Gasteiger partial charge in [-0.15, -0.1) is 0 Å². The van der Waals surface area contributed by atoms with E-state index in [1.54, 1.807) is 0 Å². The maximum atomic E-state index is 8.69. The zero-order valence-corrected chi connectivity index (χ0v) is 7.83. The van der Waals surface area contributed by atoms with Crippen molar-refractivity contribution in [3.63, 3.8) is 0 Å². The summed E-state index contributed by atoms with van der Waals surface area (Å²) in [6.07, 6.45) is 0.851. The highest BCUT2D eigenvalue weighted by molar-refractivity contribution is 5.14. The molecule has 0 fully saturated rings. The number of nitriles is 1. The smallest absolute Gasteiger partial charge is 0.0952 e. The largest absolute Gasteiger partial charge is 0.298 e. The van der Waals surface area contributed by atoms with Gasteiger partial charge in [0.1, 0.15) is 0 Å². The van der Waals surface area contributed by atoms with Crippen molar-refractivity contribution in [2.75, 3.05) is 0 Å². The highest BCUT2D eigenvalue weighted by atomic mass is 14.9. The van der Waals surface area contributed by atoms with Gasteiger partial charge in [0.2, 0.25) is 0 Å². The van der Waals surface area contributed by atoms with Crippen LogP contribution in [0.2, 0.25) is 0 Å². The fourth-order valence-corrected chi connectivity index (χ4v) is 1.12. The number of nitrogens with zero attached hydrogens (tertiary/aromatic N) is 1. The summed E-state index contributed by atoms with van der Waals surface area (Å²) in [4.78, 5) is 0.